The maximum Gasteiger partial charge on any atom is 0.167 e. The molecular weight excluding hydrogens is 320 g/mol. The summed E-state index contributed by atoms with van der Waals surface area (Å²) in [7, 11) is 0. The number of carbonyl (C=O) groups is 1. The van der Waals surface area contributed by atoms with Gasteiger partial charge in [-0.15, -0.1) is 0 Å². The summed E-state index contributed by atoms with van der Waals surface area (Å²) in [6.45, 7) is 10.3. The Labute approximate surface area is 156 Å². The first-order valence-electron chi connectivity index (χ1n) is 9.77. The van der Waals surface area contributed by atoms with E-state index < -0.39 is 0 Å². The van der Waals surface area contributed by atoms with Crippen LogP contribution >= 0.6 is 0 Å². The summed E-state index contributed by atoms with van der Waals surface area (Å²) in [5.74, 6) is 0.499. The molecule has 2 fully saturated rings. The van der Waals surface area contributed by atoms with E-state index in [1.54, 1.807) is 9.80 Å². The second-order valence-electron chi connectivity index (χ2n) is 8.98. The molecule has 2 bridgehead atoms. The van der Waals surface area contributed by atoms with E-state index in [2.05, 4.69) is 74.5 Å². The molecule has 0 atom stereocenters. The van der Waals surface area contributed by atoms with Crippen molar-refractivity contribution in [1.29, 1.82) is 0 Å². The second-order valence-corrected chi connectivity index (χ2v) is 8.98. The topological polar surface area (TPSA) is 26.0 Å². The molecule has 26 heavy (non-hydrogen) atoms. The van der Waals surface area contributed by atoms with Crippen molar-refractivity contribution in [3.05, 3.63) is 71.8 Å². The molecule has 0 amide bonds. The van der Waals surface area contributed by atoms with Gasteiger partial charge in [-0.1, -0.05) is 60.7 Å². The predicted octanol–water partition coefficient (Wildman–Crippen LogP) is 0.766. The molecule has 0 radical (unpaired) electrons. The van der Waals surface area contributed by atoms with Gasteiger partial charge in [0.2, 0.25) is 0 Å². The number of hydrogen-bond acceptors (Lipinski definition) is 1. The standard InChI is InChI=1S/C23H28N2O/c1-22-15-24(13-19-9-5-3-6-10-19)17-23(2,21(22)26)18-25(16-22)14-20-11-7-4-8-12-20/h3-12H,13-18H2,1-2H3/p+2. The van der Waals surface area contributed by atoms with Crippen molar-refractivity contribution in [2.45, 2.75) is 26.9 Å². The van der Waals surface area contributed by atoms with Crippen LogP contribution in [-0.4, -0.2) is 32.0 Å². The van der Waals surface area contributed by atoms with Gasteiger partial charge >= 0.3 is 0 Å². The van der Waals surface area contributed by atoms with E-state index in [1.807, 2.05) is 0 Å². The van der Waals surface area contributed by atoms with Gasteiger partial charge < -0.3 is 9.80 Å². The molecule has 3 heteroatoms. The van der Waals surface area contributed by atoms with Crippen molar-refractivity contribution in [2.75, 3.05) is 26.2 Å². The van der Waals surface area contributed by atoms with Crippen molar-refractivity contribution in [3.8, 4) is 0 Å². The molecule has 2 heterocycles. The Hall–Kier alpha value is -1.97. The maximum absolute atomic E-state index is 13.2. The van der Waals surface area contributed by atoms with Crippen LogP contribution in [0.3, 0.4) is 0 Å². The molecular formula is C23H30N2O+2. The smallest absolute Gasteiger partial charge is 0.167 e. The van der Waals surface area contributed by atoms with Crippen molar-refractivity contribution in [2.24, 2.45) is 10.8 Å². The summed E-state index contributed by atoms with van der Waals surface area (Å²) in [4.78, 5) is 16.3. The Morgan fingerprint density at radius 2 is 1.04 bits per heavy atom. The zero-order valence-corrected chi connectivity index (χ0v) is 15.9. The van der Waals surface area contributed by atoms with Gasteiger partial charge in [0.15, 0.2) is 5.78 Å². The van der Waals surface area contributed by atoms with Gasteiger partial charge in [-0.05, 0) is 13.8 Å². The van der Waals surface area contributed by atoms with Crippen molar-refractivity contribution < 1.29 is 14.6 Å². The highest BCUT2D eigenvalue weighted by molar-refractivity contribution is 5.91. The third-order valence-corrected chi connectivity index (χ3v) is 6.25. The number of benzene rings is 2. The molecule has 0 spiro atoms. The van der Waals surface area contributed by atoms with Gasteiger partial charge in [0, 0.05) is 11.1 Å². The average molecular weight is 351 g/mol. The summed E-state index contributed by atoms with van der Waals surface area (Å²) < 4.78 is 0. The van der Waals surface area contributed by atoms with Crippen molar-refractivity contribution in [1.82, 2.24) is 0 Å². The molecule has 2 saturated heterocycles. The second kappa shape index (κ2) is 6.64. The first-order chi connectivity index (χ1) is 12.5. The maximum atomic E-state index is 13.2. The van der Waals surface area contributed by atoms with Crippen LogP contribution in [0.15, 0.2) is 60.7 Å². The summed E-state index contributed by atoms with van der Waals surface area (Å²) in [5, 5.41) is 0. The fraction of sp³-hybridized carbons (Fsp3) is 0.435. The Morgan fingerprint density at radius 3 is 1.38 bits per heavy atom. The molecule has 2 aromatic rings. The molecule has 3 nitrogen and oxygen atoms in total. The first-order valence-corrected chi connectivity index (χ1v) is 9.77. The number of ketones is 1. The van der Waals surface area contributed by atoms with Crippen LogP contribution in [0.1, 0.15) is 25.0 Å². The number of likely N-dealkylation sites (tertiary alicyclic amines) is 2. The molecule has 2 N–H and O–H groups in total. The van der Waals surface area contributed by atoms with Crippen LogP contribution in [0.5, 0.6) is 0 Å². The van der Waals surface area contributed by atoms with Crippen LogP contribution in [0.4, 0.5) is 0 Å². The quantitative estimate of drug-likeness (QED) is 0.837. The fourth-order valence-electron chi connectivity index (χ4n) is 5.53. The number of carbonyl (C=O) groups excluding carboxylic acids is 1. The van der Waals surface area contributed by atoms with Crippen LogP contribution in [-0.2, 0) is 17.9 Å². The largest absolute Gasteiger partial charge is 0.329 e. The number of Topliss-reactive ketones (excluding diaryl/α,β-unsaturated/α-hetero) is 1. The molecule has 4 rings (SSSR count). The summed E-state index contributed by atoms with van der Waals surface area (Å²) >= 11 is 0. The lowest BCUT2D eigenvalue weighted by atomic mass is 9.64. The van der Waals surface area contributed by atoms with Gasteiger partial charge in [0.25, 0.3) is 0 Å². The van der Waals surface area contributed by atoms with E-state index in [-0.39, 0.29) is 10.8 Å². The number of fused-ring (bicyclic) bond motifs is 2. The Bertz CT molecular complexity index is 694. The van der Waals surface area contributed by atoms with Crippen molar-refractivity contribution in [3.63, 3.8) is 0 Å². The van der Waals surface area contributed by atoms with Crippen LogP contribution in [0.25, 0.3) is 0 Å². The number of piperidine rings is 2. The molecule has 0 unspecified atom stereocenters. The molecule has 0 saturated carbocycles. The monoisotopic (exact) mass is 350 g/mol. The van der Waals surface area contributed by atoms with Gasteiger partial charge in [0.1, 0.15) is 23.9 Å². The normalized spacial score (nSPS) is 33.8. The number of rotatable bonds is 4. The SMILES string of the molecule is CC12C[NH+](Cc3ccccc3)CC(C)(C[NH+](Cc3ccccc3)C1)C2=O. The van der Waals surface area contributed by atoms with E-state index in [0.717, 1.165) is 39.3 Å². The Morgan fingerprint density at radius 1 is 0.692 bits per heavy atom. The Balaban J connectivity index is 1.52. The molecule has 2 aliphatic heterocycles. The predicted molar refractivity (Wildman–Crippen MR) is 103 cm³/mol. The Kier molecular flexibility index (Phi) is 4.45. The van der Waals surface area contributed by atoms with E-state index in [9.17, 15) is 4.79 Å². The first kappa shape index (κ1) is 17.4. The fourth-order valence-corrected chi connectivity index (χ4v) is 5.53. The average Bonchev–Trinajstić information content (AvgIpc) is 2.60. The van der Waals surface area contributed by atoms with Gasteiger partial charge in [-0.25, -0.2) is 0 Å². The summed E-state index contributed by atoms with van der Waals surface area (Å²) in [6.07, 6.45) is 0. The number of hydrogen-bond donors (Lipinski definition) is 2. The highest BCUT2D eigenvalue weighted by Gasteiger charge is 2.60. The zero-order chi connectivity index (χ0) is 18.2. The number of nitrogens with one attached hydrogen (secondary N) is 2. The minimum atomic E-state index is -0.209. The van der Waals surface area contributed by atoms with Gasteiger partial charge in [0.05, 0.1) is 26.2 Å². The third kappa shape index (κ3) is 3.34. The van der Waals surface area contributed by atoms with E-state index in [4.69, 9.17) is 0 Å². The summed E-state index contributed by atoms with van der Waals surface area (Å²) in [6, 6.07) is 21.4. The zero-order valence-electron chi connectivity index (χ0n) is 15.9. The van der Waals surface area contributed by atoms with E-state index in [0.29, 0.717) is 5.78 Å². The molecule has 0 aromatic heterocycles. The molecule has 2 aromatic carbocycles. The van der Waals surface area contributed by atoms with E-state index >= 15 is 0 Å². The highest BCUT2D eigenvalue weighted by atomic mass is 16.1. The minimum Gasteiger partial charge on any atom is -0.329 e. The minimum absolute atomic E-state index is 0.209. The summed E-state index contributed by atoms with van der Waals surface area (Å²) in [5.41, 5.74) is 2.32. The lowest BCUT2D eigenvalue weighted by Gasteiger charge is -2.50. The molecule has 2 aliphatic rings. The molecule has 0 aliphatic carbocycles. The lowest BCUT2D eigenvalue weighted by Crippen LogP contribution is -3.24. The van der Waals surface area contributed by atoms with Crippen molar-refractivity contribution >= 4 is 5.78 Å². The molecule has 136 valence electrons. The van der Waals surface area contributed by atoms with Crippen LogP contribution < -0.4 is 9.80 Å². The highest BCUT2D eigenvalue weighted by Crippen LogP contribution is 2.32. The lowest BCUT2D eigenvalue weighted by molar-refractivity contribution is -0.975. The third-order valence-electron chi connectivity index (χ3n) is 6.25. The number of quaternary nitrogens is 2. The van der Waals surface area contributed by atoms with Gasteiger partial charge in [-0.3, -0.25) is 4.79 Å². The van der Waals surface area contributed by atoms with Crippen LogP contribution in [0, 0.1) is 10.8 Å². The van der Waals surface area contributed by atoms with E-state index in [1.165, 1.54) is 11.1 Å². The van der Waals surface area contributed by atoms with Crippen LogP contribution in [0.2, 0.25) is 0 Å². The van der Waals surface area contributed by atoms with Gasteiger partial charge in [-0.2, -0.15) is 0 Å².